The third-order valence-electron chi connectivity index (χ3n) is 2.55. The van der Waals surface area contributed by atoms with E-state index in [2.05, 4.69) is 16.4 Å². The van der Waals surface area contributed by atoms with Crippen molar-refractivity contribution in [2.45, 2.75) is 19.0 Å². The van der Waals surface area contributed by atoms with Gasteiger partial charge in [0.15, 0.2) is 0 Å². The van der Waals surface area contributed by atoms with Gasteiger partial charge in [0.25, 0.3) is 0 Å². The van der Waals surface area contributed by atoms with Gasteiger partial charge in [0, 0.05) is 23.6 Å². The van der Waals surface area contributed by atoms with E-state index in [1.54, 1.807) is 0 Å². The van der Waals surface area contributed by atoms with Gasteiger partial charge in [0.05, 0.1) is 5.62 Å². The first-order valence-electron chi connectivity index (χ1n) is 5.37. The van der Waals surface area contributed by atoms with Crippen LogP contribution >= 0.6 is 0 Å². The zero-order valence-electron chi connectivity index (χ0n) is 9.33. The van der Waals surface area contributed by atoms with E-state index in [1.165, 1.54) is 17.9 Å². The van der Waals surface area contributed by atoms with Crippen LogP contribution in [0.5, 0.6) is 0 Å². The number of fused-ring (bicyclic) bond motifs is 1. The van der Waals surface area contributed by atoms with Crippen molar-refractivity contribution in [1.82, 2.24) is 10.3 Å². The lowest BCUT2D eigenvalue weighted by molar-refractivity contribution is 0.111. The molecule has 0 saturated heterocycles. The van der Waals surface area contributed by atoms with Crippen LogP contribution in [-0.4, -0.2) is 30.1 Å². The maximum Gasteiger partial charge on any atom is 0.134 e. The molecule has 16 heavy (non-hydrogen) atoms. The number of aromatic nitrogens is 1. The molecule has 0 spiro atoms. The summed E-state index contributed by atoms with van der Waals surface area (Å²) >= 11 is 0. The molecule has 82 valence electrons. The fourth-order valence-electron chi connectivity index (χ4n) is 1.79. The van der Waals surface area contributed by atoms with Gasteiger partial charge in [-0.25, -0.2) is 0 Å². The highest BCUT2D eigenvalue weighted by Crippen LogP contribution is 2.17. The topological polar surface area (TPSA) is 48.0 Å². The van der Waals surface area contributed by atoms with E-state index in [1.807, 2.05) is 24.4 Å². The summed E-state index contributed by atoms with van der Waals surface area (Å²) in [7, 11) is 5.42. The largest absolute Gasteiger partial charge is 0.385 e. The number of benzene rings is 1. The second kappa shape index (κ2) is 4.32. The maximum absolute atomic E-state index is 9.32. The minimum Gasteiger partial charge on any atom is -0.385 e. The molecule has 1 unspecified atom stereocenters. The Morgan fingerprint density at radius 1 is 1.44 bits per heavy atom. The first-order chi connectivity index (χ1) is 7.56. The summed E-state index contributed by atoms with van der Waals surface area (Å²) in [5, 5.41) is 13.4. The molecule has 4 heteroatoms. The van der Waals surface area contributed by atoms with Crippen LogP contribution in [0.3, 0.4) is 0 Å². The maximum atomic E-state index is 9.32. The first kappa shape index (κ1) is 11.2. The van der Waals surface area contributed by atoms with Crippen LogP contribution in [0.2, 0.25) is 0 Å². The SMILES string of the molecule is [B]C(C)(O)NCCc1c[nH]c2ccccc12. The van der Waals surface area contributed by atoms with E-state index in [4.69, 9.17) is 7.85 Å². The minimum atomic E-state index is -1.30. The van der Waals surface area contributed by atoms with Gasteiger partial charge in [-0.1, -0.05) is 18.2 Å². The normalized spacial score (nSPS) is 15.1. The molecule has 0 amide bonds. The molecule has 0 aliphatic rings. The zero-order chi connectivity index (χ0) is 11.6. The Labute approximate surface area is 96.3 Å². The van der Waals surface area contributed by atoms with Crippen molar-refractivity contribution in [3.63, 3.8) is 0 Å². The summed E-state index contributed by atoms with van der Waals surface area (Å²) < 4.78 is 0. The summed E-state index contributed by atoms with van der Waals surface area (Å²) in [5.41, 5.74) is 1.07. The Hall–Kier alpha value is -1.26. The van der Waals surface area contributed by atoms with Crippen LogP contribution < -0.4 is 5.32 Å². The summed E-state index contributed by atoms with van der Waals surface area (Å²) in [4.78, 5) is 3.21. The minimum absolute atomic E-state index is 0.644. The third kappa shape index (κ3) is 2.65. The van der Waals surface area contributed by atoms with Gasteiger partial charge in [-0.15, -0.1) is 0 Å². The predicted octanol–water partition coefficient (Wildman–Crippen LogP) is 1.13. The Morgan fingerprint density at radius 2 is 2.19 bits per heavy atom. The highest BCUT2D eigenvalue weighted by Gasteiger charge is 2.10. The lowest BCUT2D eigenvalue weighted by atomic mass is 9.93. The molecule has 0 fully saturated rings. The van der Waals surface area contributed by atoms with Gasteiger partial charge in [0.2, 0.25) is 0 Å². The van der Waals surface area contributed by atoms with Crippen molar-refractivity contribution >= 4 is 18.7 Å². The van der Waals surface area contributed by atoms with Crippen molar-refractivity contribution < 1.29 is 5.11 Å². The molecule has 2 aromatic rings. The van der Waals surface area contributed by atoms with Crippen molar-refractivity contribution in [3.8, 4) is 0 Å². The number of rotatable bonds is 4. The molecular weight excluding hydrogens is 199 g/mol. The molecule has 0 bridgehead atoms. The Bertz CT molecular complexity index is 473. The molecule has 0 saturated carbocycles. The number of nitrogens with one attached hydrogen (secondary N) is 2. The van der Waals surface area contributed by atoms with Gasteiger partial charge in [-0.05, 0) is 25.0 Å². The Morgan fingerprint density at radius 3 is 2.94 bits per heavy atom. The quantitative estimate of drug-likeness (QED) is 0.527. The first-order valence-corrected chi connectivity index (χ1v) is 5.37. The van der Waals surface area contributed by atoms with E-state index in [-0.39, 0.29) is 0 Å². The van der Waals surface area contributed by atoms with Crippen molar-refractivity contribution in [2.24, 2.45) is 0 Å². The zero-order valence-corrected chi connectivity index (χ0v) is 9.33. The number of aromatic amines is 1. The van der Waals surface area contributed by atoms with Crippen molar-refractivity contribution in [1.29, 1.82) is 0 Å². The standard InChI is InChI=1S/C12H15BN2O/c1-12(13,16)15-7-6-9-8-14-11-5-3-2-4-10(9)11/h2-5,8,14-16H,6-7H2,1H3. The summed E-state index contributed by atoms with van der Waals surface area (Å²) in [6.45, 7) is 2.17. The van der Waals surface area contributed by atoms with Crippen LogP contribution in [0, 0.1) is 0 Å². The highest BCUT2D eigenvalue weighted by atomic mass is 16.3. The van der Waals surface area contributed by atoms with Gasteiger partial charge < -0.3 is 10.1 Å². The molecule has 1 aromatic heterocycles. The van der Waals surface area contributed by atoms with Crippen LogP contribution in [0.4, 0.5) is 0 Å². The van der Waals surface area contributed by atoms with Crippen LogP contribution in [0.25, 0.3) is 10.9 Å². The predicted molar refractivity (Wildman–Crippen MR) is 66.4 cm³/mol. The Balaban J connectivity index is 2.05. The van der Waals surface area contributed by atoms with Crippen molar-refractivity contribution in [3.05, 3.63) is 36.0 Å². The van der Waals surface area contributed by atoms with E-state index in [9.17, 15) is 5.11 Å². The van der Waals surface area contributed by atoms with E-state index in [0.29, 0.717) is 6.54 Å². The van der Waals surface area contributed by atoms with Crippen molar-refractivity contribution in [2.75, 3.05) is 6.54 Å². The number of para-hydroxylation sites is 1. The highest BCUT2D eigenvalue weighted by molar-refractivity contribution is 6.13. The number of hydrogen-bond acceptors (Lipinski definition) is 2. The molecular formula is C12H15BN2O. The third-order valence-corrected chi connectivity index (χ3v) is 2.55. The fourth-order valence-corrected chi connectivity index (χ4v) is 1.79. The number of H-pyrrole nitrogens is 1. The second-order valence-corrected chi connectivity index (χ2v) is 4.18. The lowest BCUT2D eigenvalue weighted by Gasteiger charge is -2.19. The summed E-state index contributed by atoms with van der Waals surface area (Å²) in [6, 6.07) is 8.16. The van der Waals surface area contributed by atoms with Gasteiger partial charge in [0.1, 0.15) is 7.85 Å². The van der Waals surface area contributed by atoms with E-state index >= 15 is 0 Å². The average Bonchev–Trinajstić information content (AvgIpc) is 2.60. The Kier molecular flexibility index (Phi) is 3.03. The van der Waals surface area contributed by atoms with Crippen LogP contribution in [-0.2, 0) is 6.42 Å². The van der Waals surface area contributed by atoms with Crippen LogP contribution in [0.15, 0.2) is 30.5 Å². The second-order valence-electron chi connectivity index (χ2n) is 4.18. The van der Waals surface area contributed by atoms with E-state index < -0.39 is 5.62 Å². The lowest BCUT2D eigenvalue weighted by Crippen LogP contribution is -2.43. The van der Waals surface area contributed by atoms with Crippen LogP contribution in [0.1, 0.15) is 12.5 Å². The number of hydrogen-bond donors (Lipinski definition) is 3. The molecule has 1 atom stereocenters. The van der Waals surface area contributed by atoms with Gasteiger partial charge in [-0.3, -0.25) is 5.32 Å². The fraction of sp³-hybridized carbons (Fsp3) is 0.333. The molecule has 3 N–H and O–H groups in total. The summed E-state index contributed by atoms with van der Waals surface area (Å²) in [6.07, 6.45) is 2.83. The molecule has 0 aliphatic carbocycles. The van der Waals surface area contributed by atoms with E-state index in [0.717, 1.165) is 11.9 Å². The van der Waals surface area contributed by atoms with Gasteiger partial charge >= 0.3 is 0 Å². The number of aliphatic hydroxyl groups is 1. The molecule has 0 aliphatic heterocycles. The monoisotopic (exact) mass is 214 g/mol. The van der Waals surface area contributed by atoms with Gasteiger partial charge in [-0.2, -0.15) is 0 Å². The molecule has 2 radical (unpaired) electrons. The smallest absolute Gasteiger partial charge is 0.134 e. The molecule has 3 nitrogen and oxygen atoms in total. The summed E-state index contributed by atoms with van der Waals surface area (Å²) in [5.74, 6) is 0. The molecule has 1 heterocycles. The molecule has 2 rings (SSSR count). The average molecular weight is 214 g/mol. The molecule has 1 aromatic carbocycles.